The van der Waals surface area contributed by atoms with Gasteiger partial charge in [-0.3, -0.25) is 4.68 Å². The summed E-state index contributed by atoms with van der Waals surface area (Å²) in [7, 11) is -2.69. The lowest BCUT2D eigenvalue weighted by Crippen LogP contribution is -2.46. The number of aromatic nitrogens is 6. The van der Waals surface area contributed by atoms with Gasteiger partial charge >= 0.3 is 8.80 Å². The second-order valence-corrected chi connectivity index (χ2v) is 18.8. The van der Waals surface area contributed by atoms with E-state index in [2.05, 4.69) is 60.6 Å². The first kappa shape index (κ1) is 38.8. The summed E-state index contributed by atoms with van der Waals surface area (Å²) in [5.41, 5.74) is 6.67. The molecule has 0 aliphatic rings. The molecule has 7 aromatic rings. The predicted molar refractivity (Wildman–Crippen MR) is 225 cm³/mol. The van der Waals surface area contributed by atoms with E-state index in [1.54, 1.807) is 34.0 Å². The molecule has 3 aromatic carbocycles. The lowest BCUT2D eigenvalue weighted by atomic mass is 10.2. The minimum absolute atomic E-state index is 0.315. The van der Waals surface area contributed by atoms with E-state index in [4.69, 9.17) is 33.0 Å². The molecule has 0 atom stereocenters. The minimum Gasteiger partial charge on any atom is -0.487 e. The van der Waals surface area contributed by atoms with Crippen LogP contribution in [0.25, 0.3) is 53.7 Å². The van der Waals surface area contributed by atoms with Crippen LogP contribution < -0.4 is 4.74 Å². The molecule has 4 heterocycles. The Morgan fingerprint density at radius 1 is 0.618 bits per heavy atom. The fourth-order valence-corrected chi connectivity index (χ4v) is 11.8. The number of aryl methyl sites for hydroxylation is 3. The maximum absolute atomic E-state index is 6.11. The lowest BCUT2D eigenvalue weighted by Gasteiger charge is -2.28. The number of nitrogens with zero attached hydrogens (tertiary/aromatic N) is 6. The number of rotatable bonds is 18. The third kappa shape index (κ3) is 9.18. The molecular formula is C41H44N6O4S3Si. The van der Waals surface area contributed by atoms with Crippen molar-refractivity contribution in [3.63, 3.8) is 0 Å². The number of hydrogen-bond acceptors (Lipinski definition) is 12. The molecule has 14 heteroatoms. The zero-order valence-electron chi connectivity index (χ0n) is 31.7. The number of ether oxygens (including phenoxy) is 1. The van der Waals surface area contributed by atoms with Gasteiger partial charge in [-0.25, -0.2) is 15.0 Å². The van der Waals surface area contributed by atoms with Gasteiger partial charge in [-0.15, -0.1) is 39.1 Å². The molecule has 0 bridgehead atoms. The fourth-order valence-electron chi connectivity index (χ4n) is 6.22. The molecule has 4 aromatic heterocycles. The van der Waals surface area contributed by atoms with Gasteiger partial charge in [-0.1, -0.05) is 65.9 Å². The highest BCUT2D eigenvalue weighted by atomic mass is 32.1. The number of hydrogen-bond donors (Lipinski definition) is 0. The van der Waals surface area contributed by atoms with E-state index < -0.39 is 8.80 Å². The molecule has 0 amide bonds. The minimum atomic E-state index is -2.69. The van der Waals surface area contributed by atoms with Gasteiger partial charge < -0.3 is 18.0 Å². The van der Waals surface area contributed by atoms with Gasteiger partial charge in [0.1, 0.15) is 44.5 Å². The monoisotopic (exact) mass is 808 g/mol. The van der Waals surface area contributed by atoms with E-state index in [1.165, 1.54) is 0 Å². The summed E-state index contributed by atoms with van der Waals surface area (Å²) in [6.45, 7) is 12.9. The molecule has 0 fully saturated rings. The van der Waals surface area contributed by atoms with Crippen molar-refractivity contribution in [3.05, 3.63) is 107 Å². The summed E-state index contributed by atoms with van der Waals surface area (Å²) in [5, 5.41) is 11.5. The fraction of sp³-hybridized carbons (Fsp3) is 0.293. The van der Waals surface area contributed by atoms with Crippen molar-refractivity contribution >= 4 is 42.8 Å². The second-order valence-electron chi connectivity index (χ2n) is 12.6. The predicted octanol–water partition coefficient (Wildman–Crippen LogP) is 10.6. The topological polar surface area (TPSA) is 106 Å². The molecule has 0 radical (unpaired) electrons. The van der Waals surface area contributed by atoms with Gasteiger partial charge in [0, 0.05) is 58.9 Å². The summed E-state index contributed by atoms with van der Waals surface area (Å²) in [6.07, 6.45) is 2.74. The standard InChI is InChI=1S/C41H44N6O4S3Si/c1-6-49-55(50-7-2,51-8-3)25-15-24-47-26-33(45-46-47)27-48-34-22-20-32(21-23-34)40-43-36(29(5)53-40)38-37(44-41(54-38)31-18-13-10-14-19-31)35-28(4)52-39(42-35)30-16-11-9-12-17-30/h9-14,16-23,26H,6-8,15,24-25,27H2,1-5H3. The van der Waals surface area contributed by atoms with Crippen molar-refractivity contribution in [2.75, 3.05) is 19.8 Å². The first-order chi connectivity index (χ1) is 26.9. The molecule has 10 nitrogen and oxygen atoms in total. The van der Waals surface area contributed by atoms with E-state index >= 15 is 0 Å². The molecule has 0 N–H and O–H groups in total. The van der Waals surface area contributed by atoms with Crippen LogP contribution in [0.3, 0.4) is 0 Å². The van der Waals surface area contributed by atoms with Crippen LogP contribution in [0.4, 0.5) is 0 Å². The van der Waals surface area contributed by atoms with Gasteiger partial charge in [0.15, 0.2) is 0 Å². The molecule has 0 aliphatic carbocycles. The largest absolute Gasteiger partial charge is 0.500 e. The van der Waals surface area contributed by atoms with Crippen molar-refractivity contribution in [1.29, 1.82) is 0 Å². The molecule has 7 rings (SSSR count). The molecule has 55 heavy (non-hydrogen) atoms. The smallest absolute Gasteiger partial charge is 0.487 e. The van der Waals surface area contributed by atoms with Crippen LogP contribution in [0.1, 0.15) is 42.6 Å². The van der Waals surface area contributed by atoms with Crippen LogP contribution in [0.2, 0.25) is 6.04 Å². The number of benzene rings is 3. The van der Waals surface area contributed by atoms with Crippen molar-refractivity contribution in [1.82, 2.24) is 29.9 Å². The Hall–Kier alpha value is -4.41. The van der Waals surface area contributed by atoms with E-state index in [0.717, 1.165) is 87.3 Å². The SMILES string of the molecule is CCO[Si](CCCn1cc(COc2ccc(-c3nc(-c4sc(-c5ccccc5)nc4-c4nc(-c5ccccc5)sc4C)c(C)s3)cc2)nn1)(OCC)OCC. The third-order valence-electron chi connectivity index (χ3n) is 8.74. The van der Waals surface area contributed by atoms with E-state index in [9.17, 15) is 0 Å². The van der Waals surface area contributed by atoms with Gasteiger partial charge in [0.25, 0.3) is 0 Å². The van der Waals surface area contributed by atoms with Gasteiger partial charge in [-0.05, 0) is 65.3 Å². The Labute approximate surface area is 335 Å². The quantitative estimate of drug-likeness (QED) is 0.0783. The second kappa shape index (κ2) is 18.0. The lowest BCUT2D eigenvalue weighted by molar-refractivity contribution is 0.0704. The normalized spacial score (nSPS) is 11.7. The summed E-state index contributed by atoms with van der Waals surface area (Å²) >= 11 is 5.04. The Morgan fingerprint density at radius 3 is 1.75 bits per heavy atom. The maximum Gasteiger partial charge on any atom is 0.500 e. The van der Waals surface area contributed by atoms with Crippen molar-refractivity contribution in [2.45, 2.75) is 60.2 Å². The van der Waals surface area contributed by atoms with Crippen molar-refractivity contribution in [2.24, 2.45) is 0 Å². The Bertz CT molecular complexity index is 2270. The highest BCUT2D eigenvalue weighted by molar-refractivity contribution is 7.20. The molecule has 0 saturated heterocycles. The molecular weight excluding hydrogens is 765 g/mol. The molecule has 0 saturated carbocycles. The highest BCUT2D eigenvalue weighted by Crippen LogP contribution is 2.45. The molecule has 284 valence electrons. The van der Waals surface area contributed by atoms with Crippen LogP contribution in [0, 0.1) is 13.8 Å². The Kier molecular flexibility index (Phi) is 12.7. The first-order valence-electron chi connectivity index (χ1n) is 18.5. The molecule has 0 aliphatic heterocycles. The highest BCUT2D eigenvalue weighted by Gasteiger charge is 2.39. The van der Waals surface area contributed by atoms with Gasteiger partial charge in [-0.2, -0.15) is 0 Å². The van der Waals surface area contributed by atoms with Crippen molar-refractivity contribution < 1.29 is 18.0 Å². The average molecular weight is 809 g/mol. The van der Waals surface area contributed by atoms with Crippen LogP contribution >= 0.6 is 34.0 Å². The number of thiazole rings is 3. The summed E-state index contributed by atoms with van der Waals surface area (Å²) in [5.74, 6) is 0.748. The first-order valence-corrected chi connectivity index (χ1v) is 22.9. The molecule has 0 spiro atoms. The zero-order chi connectivity index (χ0) is 38.2. The maximum atomic E-state index is 6.11. The summed E-state index contributed by atoms with van der Waals surface area (Å²) in [4.78, 5) is 18.8. The van der Waals surface area contributed by atoms with Gasteiger partial charge in [0.2, 0.25) is 0 Å². The van der Waals surface area contributed by atoms with Crippen LogP contribution in [-0.2, 0) is 26.4 Å². The van der Waals surface area contributed by atoms with E-state index in [0.29, 0.717) is 33.0 Å². The van der Waals surface area contributed by atoms with Crippen LogP contribution in [-0.4, -0.2) is 58.6 Å². The summed E-state index contributed by atoms with van der Waals surface area (Å²) < 4.78 is 25.9. The van der Waals surface area contributed by atoms with E-state index in [-0.39, 0.29) is 0 Å². The third-order valence-corrected chi connectivity index (χ3v) is 15.0. The van der Waals surface area contributed by atoms with Gasteiger partial charge in [0.05, 0.1) is 16.8 Å². The van der Waals surface area contributed by atoms with Crippen LogP contribution in [0.15, 0.2) is 91.1 Å². The Morgan fingerprint density at radius 2 is 1.15 bits per heavy atom. The Balaban J connectivity index is 1.05. The average Bonchev–Trinajstić information content (AvgIpc) is 4.01. The van der Waals surface area contributed by atoms with Crippen molar-refractivity contribution in [3.8, 4) is 59.4 Å². The van der Waals surface area contributed by atoms with E-state index in [1.807, 2.05) is 80.2 Å². The molecule has 0 unspecified atom stereocenters. The van der Waals surface area contributed by atoms with Crippen LogP contribution in [0.5, 0.6) is 5.75 Å². The summed E-state index contributed by atoms with van der Waals surface area (Å²) in [6, 6.07) is 29.4. The zero-order valence-corrected chi connectivity index (χ0v) is 35.1.